The fourth-order valence-corrected chi connectivity index (χ4v) is 3.64. The average molecular weight is 308 g/mol. The van der Waals surface area contributed by atoms with Crippen molar-refractivity contribution in [1.29, 1.82) is 0 Å². The van der Waals surface area contributed by atoms with Crippen LogP contribution in [0.5, 0.6) is 0 Å². The predicted octanol–water partition coefficient (Wildman–Crippen LogP) is 3.03. The van der Waals surface area contributed by atoms with Crippen molar-refractivity contribution in [3.05, 3.63) is 27.9 Å². The first kappa shape index (κ1) is 13.7. The lowest BCUT2D eigenvalue weighted by atomic mass is 10.2. The van der Waals surface area contributed by atoms with Crippen LogP contribution in [0.2, 0.25) is 0 Å². The third kappa shape index (κ3) is 3.08. The Hall–Kier alpha value is -1.24. The van der Waals surface area contributed by atoms with Crippen molar-refractivity contribution >= 4 is 28.6 Å². The second-order valence-electron chi connectivity index (χ2n) is 4.91. The normalized spacial score (nSPS) is 16.1. The molecule has 1 atom stereocenters. The van der Waals surface area contributed by atoms with Gasteiger partial charge in [0.05, 0.1) is 18.8 Å². The zero-order valence-electron chi connectivity index (χ0n) is 11.2. The molecule has 3 rings (SSSR count). The number of amides is 1. The Balaban J connectivity index is 1.67. The maximum absolute atomic E-state index is 12.3. The van der Waals surface area contributed by atoms with Gasteiger partial charge in [0.25, 0.3) is 5.91 Å². The van der Waals surface area contributed by atoms with E-state index in [4.69, 9.17) is 4.74 Å². The van der Waals surface area contributed by atoms with Crippen molar-refractivity contribution in [2.45, 2.75) is 18.9 Å². The molecule has 1 aliphatic rings. The minimum absolute atomic E-state index is 0.0436. The van der Waals surface area contributed by atoms with Gasteiger partial charge >= 0.3 is 0 Å². The molecule has 1 aliphatic carbocycles. The van der Waals surface area contributed by atoms with Gasteiger partial charge in [-0.15, -0.1) is 11.3 Å². The van der Waals surface area contributed by atoms with Gasteiger partial charge in [-0.3, -0.25) is 4.79 Å². The molecule has 0 radical (unpaired) electrons. The number of aromatic nitrogens is 1. The summed E-state index contributed by atoms with van der Waals surface area (Å²) < 4.78 is 5.18. The Kier molecular flexibility index (Phi) is 4.14. The monoisotopic (exact) mass is 308 g/mol. The Morgan fingerprint density at radius 3 is 3.10 bits per heavy atom. The van der Waals surface area contributed by atoms with Crippen LogP contribution in [0.4, 0.5) is 0 Å². The fourth-order valence-electron chi connectivity index (χ4n) is 2.11. The summed E-state index contributed by atoms with van der Waals surface area (Å²) in [5, 5.41) is 8.01. The minimum atomic E-state index is -0.0436. The van der Waals surface area contributed by atoms with E-state index in [-0.39, 0.29) is 11.9 Å². The zero-order valence-corrected chi connectivity index (χ0v) is 12.8. The topological polar surface area (TPSA) is 51.2 Å². The van der Waals surface area contributed by atoms with Gasteiger partial charge in [-0.25, -0.2) is 4.98 Å². The number of nitrogens with one attached hydrogen (secondary N) is 1. The van der Waals surface area contributed by atoms with E-state index in [1.54, 1.807) is 24.6 Å². The van der Waals surface area contributed by atoms with E-state index in [9.17, 15) is 4.79 Å². The second kappa shape index (κ2) is 6.03. The molecule has 1 amide bonds. The van der Waals surface area contributed by atoms with E-state index < -0.39 is 0 Å². The van der Waals surface area contributed by atoms with Gasteiger partial charge < -0.3 is 10.1 Å². The summed E-state index contributed by atoms with van der Waals surface area (Å²) in [6.07, 6.45) is 4.01. The van der Waals surface area contributed by atoms with Crippen LogP contribution in [0.25, 0.3) is 10.6 Å². The maximum atomic E-state index is 12.3. The first-order valence-electron chi connectivity index (χ1n) is 6.56. The lowest BCUT2D eigenvalue weighted by molar-refractivity contribution is 0.0888. The van der Waals surface area contributed by atoms with Crippen molar-refractivity contribution in [1.82, 2.24) is 10.3 Å². The number of carbonyl (C=O) groups excluding carboxylic acids is 1. The van der Waals surface area contributed by atoms with Gasteiger partial charge in [-0.1, -0.05) is 0 Å². The summed E-state index contributed by atoms with van der Waals surface area (Å²) in [6.45, 7) is 0.576. The van der Waals surface area contributed by atoms with Crippen LogP contribution in [0.3, 0.4) is 0 Å². The summed E-state index contributed by atoms with van der Waals surface area (Å²) in [7, 11) is 1.67. The third-order valence-electron chi connectivity index (χ3n) is 3.35. The quantitative estimate of drug-likeness (QED) is 0.892. The van der Waals surface area contributed by atoms with E-state index in [0.29, 0.717) is 17.4 Å². The fraction of sp³-hybridized carbons (Fsp3) is 0.429. The van der Waals surface area contributed by atoms with E-state index in [2.05, 4.69) is 10.3 Å². The maximum Gasteiger partial charge on any atom is 0.263 e. The Labute approximate surface area is 125 Å². The molecule has 1 fully saturated rings. The Bertz CT molecular complexity index is 576. The van der Waals surface area contributed by atoms with Crippen LogP contribution in [0.1, 0.15) is 22.5 Å². The number of hydrogen-bond donors (Lipinski definition) is 1. The molecule has 1 saturated carbocycles. The van der Waals surface area contributed by atoms with E-state index >= 15 is 0 Å². The summed E-state index contributed by atoms with van der Waals surface area (Å²) in [6, 6.07) is 2.14. The van der Waals surface area contributed by atoms with Gasteiger partial charge in [-0.05, 0) is 30.2 Å². The molecule has 106 valence electrons. The number of hydrogen-bond acceptors (Lipinski definition) is 5. The lowest BCUT2D eigenvalue weighted by Crippen LogP contribution is -2.39. The zero-order chi connectivity index (χ0) is 13.9. The molecule has 2 aromatic heterocycles. The first-order valence-corrected chi connectivity index (χ1v) is 8.32. The minimum Gasteiger partial charge on any atom is -0.383 e. The van der Waals surface area contributed by atoms with Gasteiger partial charge in [0.15, 0.2) is 0 Å². The van der Waals surface area contributed by atoms with Gasteiger partial charge in [0.1, 0.15) is 9.88 Å². The van der Waals surface area contributed by atoms with Crippen molar-refractivity contribution in [2.75, 3.05) is 13.7 Å². The average Bonchev–Trinajstić information content (AvgIpc) is 2.94. The highest BCUT2D eigenvalue weighted by atomic mass is 32.1. The summed E-state index contributed by atoms with van der Waals surface area (Å²) in [5.41, 5.74) is 1.08. The highest BCUT2D eigenvalue weighted by molar-refractivity contribution is 7.17. The molecule has 0 bridgehead atoms. The molecular weight excluding hydrogens is 292 g/mol. The van der Waals surface area contributed by atoms with Crippen LogP contribution in [-0.4, -0.2) is 30.6 Å². The molecule has 4 nitrogen and oxygen atoms in total. The molecule has 0 aliphatic heterocycles. The number of nitrogens with zero attached hydrogens (tertiary/aromatic N) is 1. The summed E-state index contributed by atoms with van der Waals surface area (Å²) in [4.78, 5) is 17.2. The number of thiazole rings is 1. The smallest absolute Gasteiger partial charge is 0.263 e. The molecule has 6 heteroatoms. The van der Waals surface area contributed by atoms with Crippen LogP contribution < -0.4 is 5.32 Å². The van der Waals surface area contributed by atoms with Crippen LogP contribution >= 0.6 is 22.7 Å². The predicted molar refractivity (Wildman–Crippen MR) is 81.3 cm³/mol. The van der Waals surface area contributed by atoms with Gasteiger partial charge in [-0.2, -0.15) is 11.3 Å². The summed E-state index contributed by atoms with van der Waals surface area (Å²) >= 11 is 3.06. The van der Waals surface area contributed by atoms with Crippen molar-refractivity contribution in [3.63, 3.8) is 0 Å². The molecule has 0 aromatic carbocycles. The van der Waals surface area contributed by atoms with E-state index in [1.807, 2.05) is 16.8 Å². The second-order valence-corrected chi connectivity index (χ2v) is 6.73. The van der Waals surface area contributed by atoms with Crippen LogP contribution in [-0.2, 0) is 4.74 Å². The van der Waals surface area contributed by atoms with Crippen LogP contribution in [0, 0.1) is 5.92 Å². The molecule has 0 saturated heterocycles. The highest BCUT2D eigenvalue weighted by Gasteiger charge is 2.32. The Morgan fingerprint density at radius 2 is 2.45 bits per heavy atom. The molecule has 2 aromatic rings. The van der Waals surface area contributed by atoms with E-state index in [0.717, 1.165) is 10.6 Å². The third-order valence-corrected chi connectivity index (χ3v) is 5.08. The number of ether oxygens (including phenoxy) is 1. The van der Waals surface area contributed by atoms with Gasteiger partial charge in [0.2, 0.25) is 0 Å². The molecule has 20 heavy (non-hydrogen) atoms. The molecule has 2 heterocycles. The largest absolute Gasteiger partial charge is 0.383 e. The first-order chi connectivity index (χ1) is 9.78. The van der Waals surface area contributed by atoms with Crippen molar-refractivity contribution in [2.24, 2.45) is 5.92 Å². The lowest BCUT2D eigenvalue weighted by Gasteiger charge is -2.16. The number of methoxy groups -OCH3 is 1. The van der Waals surface area contributed by atoms with Crippen molar-refractivity contribution in [3.8, 4) is 10.6 Å². The molecular formula is C14H16N2O2S2. The van der Waals surface area contributed by atoms with Crippen molar-refractivity contribution < 1.29 is 9.53 Å². The number of thiophene rings is 1. The van der Waals surface area contributed by atoms with Gasteiger partial charge in [0, 0.05) is 18.1 Å². The molecule has 1 unspecified atom stereocenters. The number of carbonyl (C=O) groups is 1. The van der Waals surface area contributed by atoms with Crippen LogP contribution in [0.15, 0.2) is 23.0 Å². The van der Waals surface area contributed by atoms with E-state index in [1.165, 1.54) is 24.2 Å². The Morgan fingerprint density at radius 1 is 1.60 bits per heavy atom. The standard InChI is InChI=1S/C14H16N2O2S2/c1-18-7-11(9-2-3-9)16-13(17)12-6-15-14(20-12)10-4-5-19-8-10/h4-6,8-9,11H,2-3,7H2,1H3,(H,16,17). The highest BCUT2D eigenvalue weighted by Crippen LogP contribution is 2.33. The molecule has 1 N–H and O–H groups in total. The number of rotatable bonds is 6. The summed E-state index contributed by atoms with van der Waals surface area (Å²) in [5.74, 6) is 0.529. The molecule has 0 spiro atoms. The SMILES string of the molecule is COCC(NC(=O)c1cnc(-c2ccsc2)s1)C1CC1.